The van der Waals surface area contributed by atoms with Gasteiger partial charge in [0.25, 0.3) is 0 Å². The largest absolute Gasteiger partial charge is 0.330 e. The van der Waals surface area contributed by atoms with E-state index in [0.717, 1.165) is 12.8 Å². The Morgan fingerprint density at radius 3 is 2.00 bits per heavy atom. The molecule has 0 aromatic rings. The fourth-order valence-electron chi connectivity index (χ4n) is 1.37. The molecule has 0 aliphatic heterocycles. The maximum Gasteiger partial charge on any atom is 0.155 e. The zero-order valence-corrected chi connectivity index (χ0v) is 9.60. The molecule has 3 nitrogen and oxygen atoms in total. The predicted molar refractivity (Wildman–Crippen MR) is 56.4 cm³/mol. The van der Waals surface area contributed by atoms with Crippen molar-refractivity contribution in [3.8, 4) is 0 Å². The van der Waals surface area contributed by atoms with Gasteiger partial charge in [0.05, 0.1) is 10.5 Å². The average molecular weight is 207 g/mol. The van der Waals surface area contributed by atoms with E-state index in [-0.39, 0.29) is 10.5 Å². The summed E-state index contributed by atoms with van der Waals surface area (Å²) in [6.07, 6.45) is 2.23. The quantitative estimate of drug-likeness (QED) is 0.714. The number of rotatable bonds is 6. The van der Waals surface area contributed by atoms with Crippen molar-refractivity contribution >= 4 is 9.84 Å². The number of hydrogen-bond donors (Lipinski definition) is 1. The van der Waals surface area contributed by atoms with Gasteiger partial charge < -0.3 is 5.73 Å². The Balaban J connectivity index is 4.37. The molecule has 2 atom stereocenters. The first kappa shape index (κ1) is 12.9. The summed E-state index contributed by atoms with van der Waals surface area (Å²) in [5.41, 5.74) is 5.34. The van der Waals surface area contributed by atoms with Gasteiger partial charge in [0.15, 0.2) is 9.84 Å². The van der Waals surface area contributed by atoms with Crippen LogP contribution in [0.1, 0.15) is 40.0 Å². The van der Waals surface area contributed by atoms with Crippen LogP contribution in [0.3, 0.4) is 0 Å². The van der Waals surface area contributed by atoms with Crippen molar-refractivity contribution in [1.29, 1.82) is 0 Å². The van der Waals surface area contributed by atoms with E-state index in [4.69, 9.17) is 5.73 Å². The minimum Gasteiger partial charge on any atom is -0.330 e. The smallest absolute Gasteiger partial charge is 0.155 e. The third-order valence-corrected chi connectivity index (χ3v) is 5.10. The monoisotopic (exact) mass is 207 g/mol. The molecule has 13 heavy (non-hydrogen) atoms. The molecule has 0 radical (unpaired) electrons. The van der Waals surface area contributed by atoms with Gasteiger partial charge in [-0.1, -0.05) is 13.3 Å². The zero-order valence-electron chi connectivity index (χ0n) is 8.79. The molecule has 80 valence electrons. The van der Waals surface area contributed by atoms with Gasteiger partial charge >= 0.3 is 0 Å². The lowest BCUT2D eigenvalue weighted by Crippen LogP contribution is -2.29. The first-order chi connectivity index (χ1) is 5.96. The van der Waals surface area contributed by atoms with Crippen LogP contribution >= 0.6 is 0 Å². The maximum atomic E-state index is 11.8. The van der Waals surface area contributed by atoms with Crippen molar-refractivity contribution in [3.63, 3.8) is 0 Å². The molecule has 0 aliphatic carbocycles. The van der Waals surface area contributed by atoms with E-state index in [9.17, 15) is 8.42 Å². The first-order valence-corrected chi connectivity index (χ1v) is 6.50. The molecule has 0 fully saturated rings. The summed E-state index contributed by atoms with van der Waals surface area (Å²) in [4.78, 5) is 0. The van der Waals surface area contributed by atoms with E-state index in [1.807, 2.05) is 6.92 Å². The summed E-state index contributed by atoms with van der Waals surface area (Å²) >= 11 is 0. The van der Waals surface area contributed by atoms with Crippen LogP contribution in [0.4, 0.5) is 0 Å². The SMILES string of the molecule is CCCC(C)S(=O)(=O)C(C)CCN. The van der Waals surface area contributed by atoms with E-state index in [1.165, 1.54) is 0 Å². The van der Waals surface area contributed by atoms with Crippen molar-refractivity contribution in [1.82, 2.24) is 0 Å². The van der Waals surface area contributed by atoms with E-state index in [0.29, 0.717) is 13.0 Å². The molecule has 0 heterocycles. The van der Waals surface area contributed by atoms with Gasteiger partial charge in [0, 0.05) is 0 Å². The Bertz CT molecular complexity index is 206. The van der Waals surface area contributed by atoms with E-state index in [1.54, 1.807) is 13.8 Å². The fraction of sp³-hybridized carbons (Fsp3) is 1.00. The summed E-state index contributed by atoms with van der Waals surface area (Å²) in [5, 5.41) is -0.516. The molecular formula is C9H21NO2S. The van der Waals surface area contributed by atoms with E-state index in [2.05, 4.69) is 0 Å². The molecule has 0 saturated heterocycles. The van der Waals surface area contributed by atoms with Gasteiger partial charge in [0.2, 0.25) is 0 Å². The summed E-state index contributed by atoms with van der Waals surface area (Å²) in [6.45, 7) is 5.97. The van der Waals surface area contributed by atoms with Crippen molar-refractivity contribution in [3.05, 3.63) is 0 Å². The van der Waals surface area contributed by atoms with Crippen LogP contribution in [-0.4, -0.2) is 25.5 Å². The first-order valence-electron chi connectivity index (χ1n) is 4.89. The fourth-order valence-corrected chi connectivity index (χ4v) is 3.19. The van der Waals surface area contributed by atoms with Crippen molar-refractivity contribution in [2.75, 3.05) is 6.54 Å². The van der Waals surface area contributed by atoms with Gasteiger partial charge in [-0.15, -0.1) is 0 Å². The summed E-state index contributed by atoms with van der Waals surface area (Å²) in [7, 11) is -2.94. The van der Waals surface area contributed by atoms with Crippen molar-refractivity contribution < 1.29 is 8.42 Å². The summed E-state index contributed by atoms with van der Waals surface area (Å²) < 4.78 is 23.5. The molecular weight excluding hydrogens is 186 g/mol. The molecule has 0 aliphatic rings. The normalized spacial score (nSPS) is 16.9. The Morgan fingerprint density at radius 1 is 1.15 bits per heavy atom. The van der Waals surface area contributed by atoms with Gasteiger partial charge in [-0.05, 0) is 33.2 Å². The molecule has 4 heteroatoms. The Labute approximate surface area is 81.6 Å². The Hall–Kier alpha value is -0.0900. The Kier molecular flexibility index (Phi) is 5.56. The number of sulfone groups is 1. The summed E-state index contributed by atoms with van der Waals surface area (Å²) in [5.74, 6) is 0. The standard InChI is InChI=1S/C9H21NO2S/c1-4-5-8(2)13(11,12)9(3)6-7-10/h8-9H,4-7,10H2,1-3H3. The molecule has 0 spiro atoms. The molecule has 0 amide bonds. The van der Waals surface area contributed by atoms with Crippen LogP contribution in [0.25, 0.3) is 0 Å². The van der Waals surface area contributed by atoms with Gasteiger partial charge in [0.1, 0.15) is 0 Å². The van der Waals surface area contributed by atoms with Crippen LogP contribution < -0.4 is 5.73 Å². The Morgan fingerprint density at radius 2 is 1.62 bits per heavy atom. The predicted octanol–water partition coefficient (Wildman–Crippen LogP) is 1.33. The molecule has 0 bridgehead atoms. The van der Waals surface area contributed by atoms with Gasteiger partial charge in [-0.2, -0.15) is 0 Å². The molecule has 2 N–H and O–H groups in total. The lowest BCUT2D eigenvalue weighted by atomic mass is 10.3. The molecule has 0 rings (SSSR count). The molecule has 0 saturated carbocycles. The highest BCUT2D eigenvalue weighted by Gasteiger charge is 2.26. The lowest BCUT2D eigenvalue weighted by Gasteiger charge is -2.17. The van der Waals surface area contributed by atoms with Crippen LogP contribution in [0.5, 0.6) is 0 Å². The van der Waals surface area contributed by atoms with Gasteiger partial charge in [-0.3, -0.25) is 0 Å². The lowest BCUT2D eigenvalue weighted by molar-refractivity contribution is 0.558. The topological polar surface area (TPSA) is 60.2 Å². The molecule has 2 unspecified atom stereocenters. The highest BCUT2D eigenvalue weighted by Crippen LogP contribution is 2.15. The van der Waals surface area contributed by atoms with Crippen molar-refractivity contribution in [2.24, 2.45) is 5.73 Å². The van der Waals surface area contributed by atoms with Crippen molar-refractivity contribution in [2.45, 2.75) is 50.5 Å². The second kappa shape index (κ2) is 5.60. The van der Waals surface area contributed by atoms with Crippen LogP contribution in [0, 0.1) is 0 Å². The number of nitrogens with two attached hydrogens (primary N) is 1. The van der Waals surface area contributed by atoms with Crippen LogP contribution in [0.2, 0.25) is 0 Å². The maximum absolute atomic E-state index is 11.8. The number of hydrogen-bond acceptors (Lipinski definition) is 3. The van der Waals surface area contributed by atoms with Crippen LogP contribution in [-0.2, 0) is 9.84 Å². The third-order valence-electron chi connectivity index (χ3n) is 2.39. The minimum atomic E-state index is -2.94. The van der Waals surface area contributed by atoms with E-state index >= 15 is 0 Å². The average Bonchev–Trinajstić information content (AvgIpc) is 2.05. The zero-order chi connectivity index (χ0) is 10.5. The highest BCUT2D eigenvalue weighted by atomic mass is 32.2. The highest BCUT2D eigenvalue weighted by molar-refractivity contribution is 7.92. The minimum absolute atomic E-state index is 0.223. The van der Waals surface area contributed by atoms with Gasteiger partial charge in [-0.25, -0.2) is 8.42 Å². The summed E-state index contributed by atoms with van der Waals surface area (Å²) in [6, 6.07) is 0. The van der Waals surface area contributed by atoms with Crippen LogP contribution in [0.15, 0.2) is 0 Å². The second-order valence-electron chi connectivity index (χ2n) is 3.58. The molecule has 0 aromatic heterocycles. The molecule has 0 aromatic carbocycles. The van der Waals surface area contributed by atoms with E-state index < -0.39 is 9.84 Å². The third kappa shape index (κ3) is 3.65. The second-order valence-corrected chi connectivity index (χ2v) is 6.36.